The number of aryl methyl sites for hydroxylation is 1. The number of nitrogens with zero attached hydrogens (tertiary/aromatic N) is 3. The highest BCUT2D eigenvalue weighted by atomic mass is 15.1. The molecule has 3 N–H and O–H groups in total. The van der Waals surface area contributed by atoms with Gasteiger partial charge in [0, 0.05) is 18.1 Å². The Balaban J connectivity index is 1.78. The third-order valence-electron chi connectivity index (χ3n) is 2.84. The van der Waals surface area contributed by atoms with E-state index in [0.29, 0.717) is 6.54 Å². The number of aromatic amines is 2. The van der Waals surface area contributed by atoms with E-state index < -0.39 is 0 Å². The minimum Gasteiger partial charge on any atom is -0.362 e. The monoisotopic (exact) mass is 242 g/mol. The smallest absolute Gasteiger partial charge is 0.142 e. The molecule has 0 aliphatic carbocycles. The van der Waals surface area contributed by atoms with E-state index in [9.17, 15) is 0 Å². The van der Waals surface area contributed by atoms with Gasteiger partial charge in [-0.25, -0.2) is 15.0 Å². The first-order chi connectivity index (χ1) is 8.86. The van der Waals surface area contributed by atoms with Crippen molar-refractivity contribution in [1.82, 2.24) is 24.9 Å². The Labute approximate surface area is 104 Å². The Morgan fingerprint density at radius 3 is 3.06 bits per heavy atom. The molecule has 0 saturated carbocycles. The molecule has 3 aromatic heterocycles. The van der Waals surface area contributed by atoms with Gasteiger partial charge in [0.15, 0.2) is 0 Å². The largest absolute Gasteiger partial charge is 0.362 e. The third-order valence-corrected chi connectivity index (χ3v) is 2.84. The van der Waals surface area contributed by atoms with Gasteiger partial charge in [0.2, 0.25) is 0 Å². The predicted octanol–water partition coefficient (Wildman–Crippen LogP) is 1.86. The summed E-state index contributed by atoms with van der Waals surface area (Å²) in [6.45, 7) is 2.72. The quantitative estimate of drug-likeness (QED) is 0.652. The highest BCUT2D eigenvalue weighted by molar-refractivity contribution is 5.86. The lowest BCUT2D eigenvalue weighted by molar-refractivity contribution is 0.963. The maximum atomic E-state index is 4.30. The summed E-state index contributed by atoms with van der Waals surface area (Å²) in [5.74, 6) is 1.73. The maximum absolute atomic E-state index is 4.30. The van der Waals surface area contributed by atoms with Crippen molar-refractivity contribution >= 4 is 16.9 Å². The molecule has 6 heteroatoms. The van der Waals surface area contributed by atoms with Crippen LogP contribution in [0.5, 0.6) is 0 Å². The summed E-state index contributed by atoms with van der Waals surface area (Å²) in [7, 11) is 0. The van der Waals surface area contributed by atoms with Crippen LogP contribution >= 0.6 is 0 Å². The Morgan fingerprint density at radius 1 is 1.28 bits per heavy atom. The second kappa shape index (κ2) is 4.48. The van der Waals surface area contributed by atoms with Crippen molar-refractivity contribution in [1.29, 1.82) is 0 Å². The first-order valence-corrected chi connectivity index (χ1v) is 5.91. The van der Waals surface area contributed by atoms with Gasteiger partial charge in [-0.2, -0.15) is 0 Å². The van der Waals surface area contributed by atoms with Gasteiger partial charge in [-0.05, 0) is 12.5 Å². The Bertz CT molecular complexity index is 653. The highest BCUT2D eigenvalue weighted by Gasteiger charge is 2.05. The van der Waals surface area contributed by atoms with E-state index in [1.54, 1.807) is 6.33 Å². The minimum atomic E-state index is 0.622. The van der Waals surface area contributed by atoms with E-state index in [2.05, 4.69) is 37.2 Å². The molecule has 0 bridgehead atoms. The van der Waals surface area contributed by atoms with Crippen molar-refractivity contribution in [3.05, 3.63) is 36.3 Å². The second-order valence-corrected chi connectivity index (χ2v) is 4.02. The third kappa shape index (κ3) is 1.92. The minimum absolute atomic E-state index is 0.622. The molecule has 0 aliphatic heterocycles. The number of imidazole rings is 1. The van der Waals surface area contributed by atoms with Crippen LogP contribution in [-0.2, 0) is 13.0 Å². The molecule has 0 saturated heterocycles. The SMILES string of the molecule is CCc1cnc(CNc2ncnc3[nH]ccc23)[nH]1. The molecule has 92 valence electrons. The van der Waals surface area contributed by atoms with Gasteiger partial charge in [-0.1, -0.05) is 6.92 Å². The summed E-state index contributed by atoms with van der Waals surface area (Å²) in [5.41, 5.74) is 1.97. The molecule has 3 heterocycles. The van der Waals surface area contributed by atoms with Crippen LogP contribution in [0.2, 0.25) is 0 Å². The van der Waals surface area contributed by atoms with Crippen molar-refractivity contribution < 1.29 is 0 Å². The van der Waals surface area contributed by atoms with Crippen LogP contribution in [0.4, 0.5) is 5.82 Å². The molecule has 0 aromatic carbocycles. The van der Waals surface area contributed by atoms with Crippen molar-refractivity contribution in [2.75, 3.05) is 5.32 Å². The predicted molar refractivity (Wildman–Crippen MR) is 69.2 cm³/mol. The average molecular weight is 242 g/mol. The number of anilines is 1. The van der Waals surface area contributed by atoms with E-state index in [4.69, 9.17) is 0 Å². The van der Waals surface area contributed by atoms with Crippen LogP contribution < -0.4 is 5.32 Å². The molecular weight excluding hydrogens is 228 g/mol. The van der Waals surface area contributed by atoms with Crippen molar-refractivity contribution in [3.8, 4) is 0 Å². The summed E-state index contributed by atoms with van der Waals surface area (Å²) in [4.78, 5) is 19.0. The Kier molecular flexibility index (Phi) is 2.68. The van der Waals surface area contributed by atoms with Crippen LogP contribution in [0.1, 0.15) is 18.4 Å². The van der Waals surface area contributed by atoms with Gasteiger partial charge in [-0.3, -0.25) is 0 Å². The van der Waals surface area contributed by atoms with Gasteiger partial charge in [0.25, 0.3) is 0 Å². The van der Waals surface area contributed by atoms with E-state index in [0.717, 1.165) is 34.8 Å². The number of hydrogen-bond acceptors (Lipinski definition) is 4. The first-order valence-electron chi connectivity index (χ1n) is 5.91. The van der Waals surface area contributed by atoms with Crippen molar-refractivity contribution in [2.45, 2.75) is 19.9 Å². The van der Waals surface area contributed by atoms with Crippen LogP contribution in [-0.4, -0.2) is 24.9 Å². The maximum Gasteiger partial charge on any atom is 0.142 e. The zero-order chi connectivity index (χ0) is 12.4. The molecule has 0 atom stereocenters. The highest BCUT2D eigenvalue weighted by Crippen LogP contribution is 2.17. The zero-order valence-electron chi connectivity index (χ0n) is 10.1. The summed E-state index contributed by atoms with van der Waals surface area (Å²) >= 11 is 0. The Hall–Kier alpha value is -2.37. The van der Waals surface area contributed by atoms with Gasteiger partial charge in [-0.15, -0.1) is 0 Å². The first kappa shape index (κ1) is 10.8. The Morgan fingerprint density at radius 2 is 2.22 bits per heavy atom. The van der Waals surface area contributed by atoms with Crippen LogP contribution in [0.3, 0.4) is 0 Å². The average Bonchev–Trinajstić information content (AvgIpc) is 3.05. The lowest BCUT2D eigenvalue weighted by Gasteiger charge is -2.04. The lowest BCUT2D eigenvalue weighted by atomic mass is 10.3. The topological polar surface area (TPSA) is 82.3 Å². The number of aromatic nitrogens is 5. The molecule has 0 unspecified atom stereocenters. The standard InChI is InChI=1S/C12H14N6/c1-2-8-5-14-10(18-8)6-15-12-9-3-4-13-11(9)16-7-17-12/h3-5,7H,2,6H2,1H3,(H,14,18)(H2,13,15,16,17). The van der Waals surface area contributed by atoms with E-state index in [1.165, 1.54) is 0 Å². The van der Waals surface area contributed by atoms with E-state index >= 15 is 0 Å². The lowest BCUT2D eigenvalue weighted by Crippen LogP contribution is -2.03. The van der Waals surface area contributed by atoms with Gasteiger partial charge >= 0.3 is 0 Å². The molecule has 0 spiro atoms. The summed E-state index contributed by atoms with van der Waals surface area (Å²) < 4.78 is 0. The molecular formula is C12H14N6. The fourth-order valence-corrected chi connectivity index (χ4v) is 1.86. The number of nitrogens with one attached hydrogen (secondary N) is 3. The van der Waals surface area contributed by atoms with Crippen molar-refractivity contribution in [2.24, 2.45) is 0 Å². The molecule has 18 heavy (non-hydrogen) atoms. The van der Waals surface area contributed by atoms with Crippen LogP contribution in [0.15, 0.2) is 24.8 Å². The zero-order valence-corrected chi connectivity index (χ0v) is 10.1. The van der Waals surface area contributed by atoms with Gasteiger partial charge in [0.1, 0.15) is 23.6 Å². The molecule has 0 fully saturated rings. The summed E-state index contributed by atoms with van der Waals surface area (Å²) in [6, 6.07) is 1.96. The van der Waals surface area contributed by atoms with E-state index in [-0.39, 0.29) is 0 Å². The molecule has 0 amide bonds. The van der Waals surface area contributed by atoms with Gasteiger partial charge < -0.3 is 15.3 Å². The molecule has 0 radical (unpaired) electrons. The molecule has 3 rings (SSSR count). The van der Waals surface area contributed by atoms with Crippen LogP contribution in [0.25, 0.3) is 11.0 Å². The van der Waals surface area contributed by atoms with Crippen molar-refractivity contribution in [3.63, 3.8) is 0 Å². The van der Waals surface area contributed by atoms with Gasteiger partial charge in [0.05, 0.1) is 11.9 Å². The number of fused-ring (bicyclic) bond motifs is 1. The fourth-order valence-electron chi connectivity index (χ4n) is 1.86. The normalized spacial score (nSPS) is 10.9. The molecule has 6 nitrogen and oxygen atoms in total. The van der Waals surface area contributed by atoms with E-state index in [1.807, 2.05) is 18.5 Å². The number of H-pyrrole nitrogens is 2. The molecule has 0 aliphatic rings. The fraction of sp³-hybridized carbons (Fsp3) is 0.250. The number of hydrogen-bond donors (Lipinski definition) is 3. The molecule has 3 aromatic rings. The summed E-state index contributed by atoms with van der Waals surface area (Å²) in [6.07, 6.45) is 6.22. The number of rotatable bonds is 4. The summed E-state index contributed by atoms with van der Waals surface area (Å²) in [5, 5.41) is 4.25. The second-order valence-electron chi connectivity index (χ2n) is 4.02. The van der Waals surface area contributed by atoms with Crippen LogP contribution in [0, 0.1) is 0 Å².